The van der Waals surface area contributed by atoms with E-state index in [1.54, 1.807) is 12.1 Å². The summed E-state index contributed by atoms with van der Waals surface area (Å²) in [6, 6.07) is 4.97. The molecule has 1 aromatic rings. The molecule has 0 amide bonds. The second-order valence-corrected chi connectivity index (χ2v) is 4.59. The van der Waals surface area contributed by atoms with Gasteiger partial charge < -0.3 is 15.8 Å². The standard InChI is InChI=1S/C12H17N3O3/c1-8(9-4-5-18-7-9)14-10-2-3-12(15(16)17)11(13)6-10/h2-3,6,8-9,14H,4-5,7,13H2,1H3. The zero-order valence-corrected chi connectivity index (χ0v) is 10.3. The first-order chi connectivity index (χ1) is 8.58. The van der Waals surface area contributed by atoms with Gasteiger partial charge in [-0.2, -0.15) is 0 Å². The van der Waals surface area contributed by atoms with Crippen molar-refractivity contribution in [1.82, 2.24) is 0 Å². The Labute approximate surface area is 105 Å². The summed E-state index contributed by atoms with van der Waals surface area (Å²) < 4.78 is 5.34. The van der Waals surface area contributed by atoms with Crippen molar-refractivity contribution in [3.63, 3.8) is 0 Å². The molecule has 3 N–H and O–H groups in total. The Bertz CT molecular complexity index is 444. The topological polar surface area (TPSA) is 90.4 Å². The highest BCUT2D eigenvalue weighted by molar-refractivity contribution is 5.66. The van der Waals surface area contributed by atoms with Crippen LogP contribution >= 0.6 is 0 Å². The lowest BCUT2D eigenvalue weighted by Crippen LogP contribution is -2.26. The molecule has 18 heavy (non-hydrogen) atoms. The van der Waals surface area contributed by atoms with Crippen molar-refractivity contribution in [2.75, 3.05) is 24.3 Å². The van der Waals surface area contributed by atoms with E-state index in [0.717, 1.165) is 25.3 Å². The number of nitrogens with zero attached hydrogens (tertiary/aromatic N) is 1. The van der Waals surface area contributed by atoms with Crippen LogP contribution in [0.3, 0.4) is 0 Å². The SMILES string of the molecule is CC(Nc1ccc([N+](=O)[O-])c(N)c1)C1CCOC1. The first-order valence-corrected chi connectivity index (χ1v) is 5.96. The van der Waals surface area contributed by atoms with Gasteiger partial charge in [-0.1, -0.05) is 0 Å². The van der Waals surface area contributed by atoms with Crippen LogP contribution in [0.4, 0.5) is 17.1 Å². The maximum Gasteiger partial charge on any atom is 0.292 e. The van der Waals surface area contributed by atoms with Gasteiger partial charge in [-0.3, -0.25) is 10.1 Å². The predicted octanol–water partition coefficient (Wildman–Crippen LogP) is 2.01. The molecule has 0 aliphatic carbocycles. The van der Waals surface area contributed by atoms with E-state index in [1.807, 2.05) is 0 Å². The van der Waals surface area contributed by atoms with Crippen molar-refractivity contribution in [2.24, 2.45) is 5.92 Å². The fourth-order valence-electron chi connectivity index (χ4n) is 2.14. The quantitative estimate of drug-likeness (QED) is 0.485. The third kappa shape index (κ3) is 2.70. The number of rotatable bonds is 4. The summed E-state index contributed by atoms with van der Waals surface area (Å²) in [6.07, 6.45) is 1.04. The minimum atomic E-state index is -0.479. The molecule has 1 aliphatic heterocycles. The number of hydrogen-bond acceptors (Lipinski definition) is 5. The summed E-state index contributed by atoms with van der Waals surface area (Å²) >= 11 is 0. The zero-order chi connectivity index (χ0) is 13.1. The highest BCUT2D eigenvalue weighted by Crippen LogP contribution is 2.26. The molecule has 1 aliphatic rings. The van der Waals surface area contributed by atoms with E-state index in [1.165, 1.54) is 6.07 Å². The lowest BCUT2D eigenvalue weighted by molar-refractivity contribution is -0.383. The summed E-state index contributed by atoms with van der Waals surface area (Å²) in [4.78, 5) is 10.2. The Hall–Kier alpha value is -1.82. The summed E-state index contributed by atoms with van der Waals surface area (Å²) in [6.45, 7) is 3.65. The monoisotopic (exact) mass is 251 g/mol. The van der Waals surface area contributed by atoms with Gasteiger partial charge in [0.2, 0.25) is 0 Å². The van der Waals surface area contributed by atoms with Crippen molar-refractivity contribution in [2.45, 2.75) is 19.4 Å². The maximum atomic E-state index is 10.7. The van der Waals surface area contributed by atoms with Crippen LogP contribution in [0.15, 0.2) is 18.2 Å². The van der Waals surface area contributed by atoms with Crippen molar-refractivity contribution in [1.29, 1.82) is 0 Å². The Morgan fingerprint density at radius 2 is 2.39 bits per heavy atom. The Kier molecular flexibility index (Phi) is 3.66. The molecule has 2 atom stereocenters. The normalized spacial score (nSPS) is 20.6. The van der Waals surface area contributed by atoms with Crippen LogP contribution in [0.25, 0.3) is 0 Å². The molecule has 0 radical (unpaired) electrons. The largest absolute Gasteiger partial charge is 0.393 e. The lowest BCUT2D eigenvalue weighted by Gasteiger charge is -2.20. The van der Waals surface area contributed by atoms with Crippen LogP contribution in [0.5, 0.6) is 0 Å². The number of ether oxygens (including phenoxy) is 1. The van der Waals surface area contributed by atoms with E-state index < -0.39 is 4.92 Å². The Morgan fingerprint density at radius 1 is 1.61 bits per heavy atom. The second kappa shape index (κ2) is 5.22. The minimum Gasteiger partial charge on any atom is -0.393 e. The Balaban J connectivity index is 2.05. The molecule has 0 aromatic heterocycles. The number of nitrogen functional groups attached to an aromatic ring is 1. The van der Waals surface area contributed by atoms with Crippen molar-refractivity contribution in [3.8, 4) is 0 Å². The van der Waals surface area contributed by atoms with E-state index in [4.69, 9.17) is 10.5 Å². The summed E-state index contributed by atoms with van der Waals surface area (Å²) in [5.41, 5.74) is 6.57. The number of nitro groups is 1. The van der Waals surface area contributed by atoms with Crippen molar-refractivity contribution < 1.29 is 9.66 Å². The van der Waals surface area contributed by atoms with Gasteiger partial charge in [0, 0.05) is 30.3 Å². The van der Waals surface area contributed by atoms with Crippen LogP contribution in [0, 0.1) is 16.0 Å². The van der Waals surface area contributed by atoms with Crippen LogP contribution in [0.2, 0.25) is 0 Å². The van der Waals surface area contributed by atoms with Crippen molar-refractivity contribution in [3.05, 3.63) is 28.3 Å². The number of nitrogens with two attached hydrogens (primary N) is 1. The number of nitrogens with one attached hydrogen (secondary N) is 1. The van der Waals surface area contributed by atoms with Crippen LogP contribution < -0.4 is 11.1 Å². The van der Waals surface area contributed by atoms with Crippen molar-refractivity contribution >= 4 is 17.1 Å². The Morgan fingerprint density at radius 3 is 2.94 bits per heavy atom. The highest BCUT2D eigenvalue weighted by Gasteiger charge is 2.22. The molecule has 1 saturated heterocycles. The summed E-state index contributed by atoms with van der Waals surface area (Å²) in [5.74, 6) is 0.474. The fourth-order valence-corrected chi connectivity index (χ4v) is 2.14. The average Bonchev–Trinajstić information content (AvgIpc) is 2.81. The van der Waals surface area contributed by atoms with E-state index in [-0.39, 0.29) is 17.4 Å². The maximum absolute atomic E-state index is 10.7. The molecule has 1 heterocycles. The zero-order valence-electron chi connectivity index (χ0n) is 10.3. The van der Waals surface area contributed by atoms with Crippen LogP contribution in [-0.2, 0) is 4.74 Å². The molecule has 0 bridgehead atoms. The predicted molar refractivity (Wildman–Crippen MR) is 69.5 cm³/mol. The van der Waals surface area contributed by atoms with Crippen LogP contribution in [0.1, 0.15) is 13.3 Å². The summed E-state index contributed by atoms with van der Waals surface area (Å²) in [5, 5.41) is 14.0. The third-order valence-electron chi connectivity index (χ3n) is 3.29. The van der Waals surface area contributed by atoms with Gasteiger partial charge in [-0.25, -0.2) is 0 Å². The van der Waals surface area contributed by atoms with Crippen LogP contribution in [-0.4, -0.2) is 24.2 Å². The van der Waals surface area contributed by atoms with E-state index in [9.17, 15) is 10.1 Å². The fraction of sp³-hybridized carbons (Fsp3) is 0.500. The molecule has 1 aromatic carbocycles. The molecular formula is C12H17N3O3. The second-order valence-electron chi connectivity index (χ2n) is 4.59. The first kappa shape index (κ1) is 12.6. The molecule has 0 spiro atoms. The van der Waals surface area contributed by atoms with Gasteiger partial charge in [0.05, 0.1) is 11.5 Å². The molecule has 98 valence electrons. The van der Waals surface area contributed by atoms with E-state index >= 15 is 0 Å². The van der Waals surface area contributed by atoms with Gasteiger partial charge in [0.15, 0.2) is 0 Å². The van der Waals surface area contributed by atoms with Gasteiger partial charge >= 0.3 is 0 Å². The summed E-state index contributed by atoms with van der Waals surface area (Å²) in [7, 11) is 0. The lowest BCUT2D eigenvalue weighted by atomic mass is 10.0. The average molecular weight is 251 g/mol. The first-order valence-electron chi connectivity index (χ1n) is 5.96. The molecule has 6 heteroatoms. The number of benzene rings is 1. The smallest absolute Gasteiger partial charge is 0.292 e. The molecule has 1 fully saturated rings. The highest BCUT2D eigenvalue weighted by atomic mass is 16.6. The number of anilines is 2. The van der Waals surface area contributed by atoms with Gasteiger partial charge in [-0.15, -0.1) is 0 Å². The minimum absolute atomic E-state index is 0.0580. The molecule has 2 unspecified atom stereocenters. The number of nitro benzene ring substituents is 1. The molecular weight excluding hydrogens is 234 g/mol. The van der Waals surface area contributed by atoms with Gasteiger partial charge in [-0.05, 0) is 25.5 Å². The van der Waals surface area contributed by atoms with E-state index in [0.29, 0.717) is 5.92 Å². The van der Waals surface area contributed by atoms with Gasteiger partial charge in [0.1, 0.15) is 5.69 Å². The molecule has 2 rings (SSSR count). The van der Waals surface area contributed by atoms with E-state index in [2.05, 4.69) is 12.2 Å². The molecule has 0 saturated carbocycles. The van der Waals surface area contributed by atoms with Gasteiger partial charge in [0.25, 0.3) is 5.69 Å². The molecule has 6 nitrogen and oxygen atoms in total. The number of hydrogen-bond donors (Lipinski definition) is 2. The third-order valence-corrected chi connectivity index (χ3v) is 3.29.